The van der Waals surface area contributed by atoms with E-state index in [1.807, 2.05) is 6.07 Å². The Morgan fingerprint density at radius 2 is 1.95 bits per heavy atom. The molecule has 0 unspecified atom stereocenters. The van der Waals surface area contributed by atoms with Crippen molar-refractivity contribution in [2.24, 2.45) is 0 Å². The van der Waals surface area contributed by atoms with Crippen molar-refractivity contribution in [1.29, 1.82) is 0 Å². The largest absolute Gasteiger partial charge is 0.421 e. The SMILES string of the molecule is CC(C)(C)NCCCc1nnc(-c2cccc(Cl)c2Cl)o1. The summed E-state index contributed by atoms with van der Waals surface area (Å²) in [6.07, 6.45) is 1.66. The molecule has 6 heteroatoms. The monoisotopic (exact) mass is 327 g/mol. The van der Waals surface area contributed by atoms with Crippen LogP contribution in [-0.2, 0) is 6.42 Å². The molecule has 0 atom stereocenters. The minimum absolute atomic E-state index is 0.119. The van der Waals surface area contributed by atoms with Crippen molar-refractivity contribution in [3.05, 3.63) is 34.1 Å². The number of aromatic nitrogens is 2. The summed E-state index contributed by atoms with van der Waals surface area (Å²) in [5.41, 5.74) is 0.782. The molecule has 0 bridgehead atoms. The van der Waals surface area contributed by atoms with E-state index in [-0.39, 0.29) is 5.54 Å². The summed E-state index contributed by atoms with van der Waals surface area (Å²) >= 11 is 12.1. The number of benzene rings is 1. The Balaban J connectivity index is 1.97. The summed E-state index contributed by atoms with van der Waals surface area (Å²) < 4.78 is 5.64. The van der Waals surface area contributed by atoms with Gasteiger partial charge in [-0.25, -0.2) is 0 Å². The van der Waals surface area contributed by atoms with Crippen LogP contribution in [0.4, 0.5) is 0 Å². The number of aryl methyl sites for hydroxylation is 1. The number of hydrogen-bond donors (Lipinski definition) is 1. The molecule has 114 valence electrons. The van der Waals surface area contributed by atoms with Crippen LogP contribution in [0.15, 0.2) is 22.6 Å². The molecule has 1 N–H and O–H groups in total. The number of halogens is 2. The fourth-order valence-corrected chi connectivity index (χ4v) is 2.22. The van der Waals surface area contributed by atoms with Crippen LogP contribution in [0.2, 0.25) is 10.0 Å². The van der Waals surface area contributed by atoms with Gasteiger partial charge in [0.1, 0.15) is 0 Å². The maximum Gasteiger partial charge on any atom is 0.249 e. The summed E-state index contributed by atoms with van der Waals surface area (Å²) in [4.78, 5) is 0. The first-order valence-electron chi connectivity index (χ1n) is 6.88. The number of hydrogen-bond acceptors (Lipinski definition) is 4. The van der Waals surface area contributed by atoms with Crippen molar-refractivity contribution < 1.29 is 4.42 Å². The molecule has 1 aromatic heterocycles. The first-order chi connectivity index (χ1) is 9.87. The van der Waals surface area contributed by atoms with E-state index in [0.717, 1.165) is 19.4 Å². The normalized spacial score (nSPS) is 11.9. The van der Waals surface area contributed by atoms with Crippen molar-refractivity contribution in [3.8, 4) is 11.5 Å². The Morgan fingerprint density at radius 3 is 2.67 bits per heavy atom. The molecule has 0 aliphatic heterocycles. The highest BCUT2D eigenvalue weighted by molar-refractivity contribution is 6.43. The Kier molecular flexibility index (Phi) is 5.25. The van der Waals surface area contributed by atoms with Gasteiger partial charge < -0.3 is 9.73 Å². The number of nitrogens with zero attached hydrogens (tertiary/aromatic N) is 2. The van der Waals surface area contributed by atoms with Crippen LogP contribution in [0.1, 0.15) is 33.1 Å². The van der Waals surface area contributed by atoms with Gasteiger partial charge in [-0.15, -0.1) is 10.2 Å². The zero-order chi connectivity index (χ0) is 15.5. The molecular weight excluding hydrogens is 309 g/mol. The molecule has 2 rings (SSSR count). The lowest BCUT2D eigenvalue weighted by atomic mass is 10.1. The van der Waals surface area contributed by atoms with E-state index >= 15 is 0 Å². The number of nitrogens with one attached hydrogen (secondary N) is 1. The lowest BCUT2D eigenvalue weighted by Crippen LogP contribution is -2.36. The third-order valence-corrected chi connectivity index (χ3v) is 3.69. The van der Waals surface area contributed by atoms with Gasteiger partial charge in [-0.3, -0.25) is 0 Å². The van der Waals surface area contributed by atoms with Crippen LogP contribution < -0.4 is 5.32 Å². The minimum Gasteiger partial charge on any atom is -0.421 e. The number of rotatable bonds is 5. The second-order valence-electron chi connectivity index (χ2n) is 5.88. The summed E-state index contributed by atoms with van der Waals surface area (Å²) in [5.74, 6) is 1.01. The van der Waals surface area contributed by atoms with E-state index in [4.69, 9.17) is 27.6 Å². The summed E-state index contributed by atoms with van der Waals surface area (Å²) in [5, 5.41) is 12.4. The molecule has 0 fully saturated rings. The van der Waals surface area contributed by atoms with E-state index in [1.165, 1.54) is 0 Å². The molecule has 21 heavy (non-hydrogen) atoms. The van der Waals surface area contributed by atoms with Crippen molar-refractivity contribution in [1.82, 2.24) is 15.5 Å². The Hall–Kier alpha value is -1.10. The zero-order valence-electron chi connectivity index (χ0n) is 12.4. The fourth-order valence-electron chi connectivity index (χ4n) is 1.84. The summed E-state index contributed by atoms with van der Waals surface area (Å²) in [7, 11) is 0. The van der Waals surface area contributed by atoms with Crippen LogP contribution >= 0.6 is 23.2 Å². The quantitative estimate of drug-likeness (QED) is 0.829. The minimum atomic E-state index is 0.119. The van der Waals surface area contributed by atoms with E-state index in [2.05, 4.69) is 36.3 Å². The molecule has 0 aliphatic carbocycles. The first kappa shape index (κ1) is 16.3. The van der Waals surface area contributed by atoms with Gasteiger partial charge in [-0.05, 0) is 45.9 Å². The second kappa shape index (κ2) is 6.77. The van der Waals surface area contributed by atoms with Crippen molar-refractivity contribution in [3.63, 3.8) is 0 Å². The highest BCUT2D eigenvalue weighted by Crippen LogP contribution is 2.32. The maximum absolute atomic E-state index is 6.14. The van der Waals surface area contributed by atoms with Gasteiger partial charge in [-0.2, -0.15) is 0 Å². The van der Waals surface area contributed by atoms with E-state index < -0.39 is 0 Å². The molecule has 1 aromatic carbocycles. The topological polar surface area (TPSA) is 51.0 Å². The van der Waals surface area contributed by atoms with Gasteiger partial charge in [-0.1, -0.05) is 29.3 Å². The van der Waals surface area contributed by atoms with Gasteiger partial charge in [0.2, 0.25) is 11.8 Å². The van der Waals surface area contributed by atoms with Crippen LogP contribution in [0.5, 0.6) is 0 Å². The molecule has 0 amide bonds. The van der Waals surface area contributed by atoms with Crippen molar-refractivity contribution in [2.75, 3.05) is 6.54 Å². The van der Waals surface area contributed by atoms with E-state index in [0.29, 0.717) is 27.4 Å². The Bertz CT molecular complexity index is 605. The fraction of sp³-hybridized carbons (Fsp3) is 0.467. The molecule has 0 saturated heterocycles. The van der Waals surface area contributed by atoms with E-state index in [1.54, 1.807) is 12.1 Å². The molecule has 1 heterocycles. The highest BCUT2D eigenvalue weighted by Gasteiger charge is 2.14. The van der Waals surface area contributed by atoms with Crippen LogP contribution in [-0.4, -0.2) is 22.3 Å². The molecule has 0 aliphatic rings. The molecule has 4 nitrogen and oxygen atoms in total. The molecule has 0 radical (unpaired) electrons. The molecule has 2 aromatic rings. The zero-order valence-corrected chi connectivity index (χ0v) is 13.9. The first-order valence-corrected chi connectivity index (χ1v) is 7.64. The Labute approximate surface area is 134 Å². The van der Waals surface area contributed by atoms with Gasteiger partial charge in [0.05, 0.1) is 15.6 Å². The molecule has 0 saturated carbocycles. The second-order valence-corrected chi connectivity index (χ2v) is 6.67. The third-order valence-electron chi connectivity index (χ3n) is 2.87. The van der Waals surface area contributed by atoms with Crippen LogP contribution in [0.3, 0.4) is 0 Å². The molecule has 0 spiro atoms. The van der Waals surface area contributed by atoms with Crippen molar-refractivity contribution >= 4 is 23.2 Å². The summed E-state index contributed by atoms with van der Waals surface area (Å²) in [6.45, 7) is 7.32. The predicted molar refractivity (Wildman–Crippen MR) is 85.8 cm³/mol. The van der Waals surface area contributed by atoms with Crippen LogP contribution in [0, 0.1) is 0 Å². The van der Waals surface area contributed by atoms with Gasteiger partial charge in [0.25, 0.3) is 0 Å². The molecular formula is C15H19Cl2N3O. The maximum atomic E-state index is 6.14. The van der Waals surface area contributed by atoms with Gasteiger partial charge >= 0.3 is 0 Å². The summed E-state index contributed by atoms with van der Waals surface area (Å²) in [6, 6.07) is 5.34. The third kappa shape index (κ3) is 4.70. The standard InChI is InChI=1S/C15H19Cl2N3O/c1-15(2,3)18-9-5-8-12-19-20-14(21-12)10-6-4-7-11(16)13(10)17/h4,6-7,18H,5,8-9H2,1-3H3. The smallest absolute Gasteiger partial charge is 0.249 e. The highest BCUT2D eigenvalue weighted by atomic mass is 35.5. The predicted octanol–water partition coefficient (Wildman–Crippen LogP) is 4.36. The van der Waals surface area contributed by atoms with Gasteiger partial charge in [0.15, 0.2) is 0 Å². The average Bonchev–Trinajstić information content (AvgIpc) is 2.85. The lowest BCUT2D eigenvalue weighted by Gasteiger charge is -2.19. The Morgan fingerprint density at radius 1 is 1.19 bits per heavy atom. The lowest BCUT2D eigenvalue weighted by molar-refractivity contribution is 0.412. The van der Waals surface area contributed by atoms with E-state index in [9.17, 15) is 0 Å². The van der Waals surface area contributed by atoms with Crippen LogP contribution in [0.25, 0.3) is 11.5 Å². The average molecular weight is 328 g/mol. The van der Waals surface area contributed by atoms with Gasteiger partial charge in [0, 0.05) is 12.0 Å². The van der Waals surface area contributed by atoms with Crippen molar-refractivity contribution in [2.45, 2.75) is 39.2 Å².